The molecule has 0 saturated carbocycles. The van der Waals surface area contributed by atoms with E-state index in [1.807, 2.05) is 58.0 Å². The zero-order chi connectivity index (χ0) is 71.6. The Balaban J connectivity index is 1.18. The predicted octanol–water partition coefficient (Wildman–Crippen LogP) is -2.39. The second kappa shape index (κ2) is 37.2. The number of carbonyl (C=O) groups excluding carboxylic acids is 12. The van der Waals surface area contributed by atoms with Gasteiger partial charge in [0.05, 0.1) is 31.9 Å². The smallest absolute Gasteiger partial charge is 0.243 e. The third-order valence-electron chi connectivity index (χ3n) is 15.7. The number of imidazole rings is 1. The maximum absolute atomic E-state index is 14.5. The highest BCUT2D eigenvalue weighted by molar-refractivity contribution is 6.00. The van der Waals surface area contributed by atoms with Crippen LogP contribution in [0.25, 0.3) is 21.8 Å². The molecule has 0 bridgehead atoms. The van der Waals surface area contributed by atoms with Crippen molar-refractivity contribution in [3.63, 3.8) is 0 Å². The van der Waals surface area contributed by atoms with Gasteiger partial charge in [0.25, 0.3) is 0 Å². The van der Waals surface area contributed by atoms with E-state index in [0.29, 0.717) is 39.7 Å². The Labute approximate surface area is 565 Å². The first-order valence-electron chi connectivity index (χ1n) is 32.1. The average Bonchev–Trinajstić information content (AvgIpc) is 1.66. The van der Waals surface area contributed by atoms with Gasteiger partial charge in [0.2, 0.25) is 70.9 Å². The number of para-hydroxylation sites is 2. The molecule has 23 N–H and O–H groups in total. The number of rotatable bonds is 39. The van der Waals surface area contributed by atoms with Gasteiger partial charge in [0.1, 0.15) is 48.3 Å². The van der Waals surface area contributed by atoms with E-state index in [1.165, 1.54) is 19.4 Å². The van der Waals surface area contributed by atoms with Crippen LogP contribution in [0.3, 0.4) is 0 Å². The van der Waals surface area contributed by atoms with Gasteiger partial charge < -0.3 is 96.8 Å². The summed E-state index contributed by atoms with van der Waals surface area (Å²) in [5.41, 5.74) is 31.3. The number of aliphatic imine (C=N–C) groups is 1. The van der Waals surface area contributed by atoms with E-state index in [1.54, 1.807) is 60.9 Å². The molecule has 32 heteroatoms. The van der Waals surface area contributed by atoms with Crippen molar-refractivity contribution in [3.05, 3.63) is 126 Å². The molecule has 0 radical (unpaired) electrons. The lowest BCUT2D eigenvalue weighted by atomic mass is 9.99. The van der Waals surface area contributed by atoms with Crippen LogP contribution in [0.2, 0.25) is 0 Å². The van der Waals surface area contributed by atoms with Gasteiger partial charge >= 0.3 is 0 Å². The van der Waals surface area contributed by atoms with Crippen LogP contribution < -0.4 is 81.8 Å². The molecule has 0 spiro atoms. The fraction of sp³-hybridized carbons (Fsp3) is 0.424. The van der Waals surface area contributed by atoms with Crippen molar-refractivity contribution in [2.24, 2.45) is 45.5 Å². The lowest BCUT2D eigenvalue weighted by Crippen LogP contribution is -2.60. The van der Waals surface area contributed by atoms with Crippen molar-refractivity contribution in [2.45, 2.75) is 147 Å². The molecule has 526 valence electrons. The molecule has 3 heterocycles. The van der Waals surface area contributed by atoms with Crippen LogP contribution in [0.15, 0.2) is 109 Å². The summed E-state index contributed by atoms with van der Waals surface area (Å²) in [6.45, 7) is 7.58. The summed E-state index contributed by atoms with van der Waals surface area (Å²) < 4.78 is 0. The summed E-state index contributed by atoms with van der Waals surface area (Å²) in [4.78, 5) is 182. The van der Waals surface area contributed by atoms with Crippen LogP contribution in [0.5, 0.6) is 0 Å². The lowest BCUT2D eigenvalue weighted by molar-refractivity contribution is -0.135. The van der Waals surface area contributed by atoms with Crippen LogP contribution in [0.4, 0.5) is 0 Å². The van der Waals surface area contributed by atoms with Crippen LogP contribution >= 0.6 is 0 Å². The van der Waals surface area contributed by atoms with Crippen LogP contribution in [-0.2, 0) is 83.2 Å². The molecule has 98 heavy (non-hydrogen) atoms. The molecular formula is C66H90N20O12. The first-order valence-corrected chi connectivity index (χ1v) is 32.1. The number of H-pyrrole nitrogens is 3. The molecule has 6 aromatic rings. The maximum Gasteiger partial charge on any atom is 0.243 e. The van der Waals surface area contributed by atoms with Gasteiger partial charge in [-0.05, 0) is 73.3 Å². The highest BCUT2D eigenvalue weighted by Crippen LogP contribution is 2.22. The monoisotopic (exact) mass is 1350 g/mol. The number of fused-ring (bicyclic) bond motifs is 2. The molecule has 3 aromatic carbocycles. The van der Waals surface area contributed by atoms with E-state index in [-0.39, 0.29) is 69.3 Å². The van der Waals surface area contributed by atoms with E-state index in [2.05, 4.69) is 78.1 Å². The second-order valence-electron chi connectivity index (χ2n) is 24.7. The van der Waals surface area contributed by atoms with Crippen molar-refractivity contribution in [3.8, 4) is 0 Å². The summed E-state index contributed by atoms with van der Waals surface area (Å²) in [6, 6.07) is 10.9. The zero-order valence-electron chi connectivity index (χ0n) is 55.3. The van der Waals surface area contributed by atoms with Crippen molar-refractivity contribution < 1.29 is 57.5 Å². The number of amides is 12. The Morgan fingerprint density at radius 2 is 0.939 bits per heavy atom. The van der Waals surface area contributed by atoms with E-state index in [4.69, 9.17) is 28.7 Å². The minimum absolute atomic E-state index is 0.00702. The molecular weight excluding hydrogens is 1260 g/mol. The number of aromatic amines is 3. The zero-order valence-corrected chi connectivity index (χ0v) is 55.3. The van der Waals surface area contributed by atoms with Gasteiger partial charge in [-0.15, -0.1) is 0 Å². The number of guanidine groups is 1. The standard InChI is InChI=1S/C66H90N20O12/c1-35(2)22-47(57(69)90)82-62(95)48(23-36(3)4)84-63(96)51(26-40-30-75-46-20-12-10-17-43(40)46)80-56(89)33-77-60(93)50(25-39-29-74-45-19-11-9-16-42(39)45)83-58(91)37(5)79-61(94)49(24-38-14-7-6-8-15-38)85-64(97)52(27-41-31-72-34-78-41)86-65(98)53(28-54(68)87)81-55(88)32-76-59(92)44(67)18-13-21-73-66(70)71/h6-12,14-17,19-20,29-31,34-37,44,47-53,74-75H,13,18,21-28,32-33,67H2,1-5H3,(H2,68,87)(H2,69,90)(H,72,78)(H,76,92)(H,77,93)(H,79,94)(H,80,89)(H,81,88)(H,82,95)(H,83,91)(H,84,96)(H,85,97)(H,86,98)(H4,70,71,73)/t37-,44+,47-,48-,49+,50+,51+,52-,53-/m0/s1. The minimum atomic E-state index is -1.67. The average molecular weight is 1360 g/mol. The van der Waals surface area contributed by atoms with E-state index in [9.17, 15) is 57.5 Å². The molecule has 0 fully saturated rings. The van der Waals surface area contributed by atoms with Gasteiger partial charge in [-0.2, -0.15) is 0 Å². The number of carbonyl (C=O) groups is 12. The Bertz CT molecular complexity index is 3770. The quantitative estimate of drug-likeness (QED) is 0.0109. The Morgan fingerprint density at radius 3 is 1.48 bits per heavy atom. The Kier molecular flexibility index (Phi) is 28.8. The molecule has 0 aliphatic heterocycles. The number of hydrogen-bond acceptors (Lipinski definition) is 15. The topological polar surface area (TPSA) is 528 Å². The number of nitrogens with zero attached hydrogens (tertiary/aromatic N) is 2. The molecule has 9 atom stereocenters. The van der Waals surface area contributed by atoms with Gasteiger partial charge in [-0.25, -0.2) is 4.98 Å². The molecule has 0 aliphatic rings. The lowest BCUT2D eigenvalue weighted by Gasteiger charge is -2.26. The largest absolute Gasteiger partial charge is 0.370 e. The molecule has 3 aromatic heterocycles. The van der Waals surface area contributed by atoms with Gasteiger partial charge in [0, 0.05) is 78.3 Å². The highest BCUT2D eigenvalue weighted by atomic mass is 16.2. The van der Waals surface area contributed by atoms with Gasteiger partial charge in [0.15, 0.2) is 5.96 Å². The van der Waals surface area contributed by atoms with Gasteiger partial charge in [-0.1, -0.05) is 94.4 Å². The Morgan fingerprint density at radius 1 is 0.480 bits per heavy atom. The number of hydrogen-bond donors (Lipinski definition) is 18. The molecule has 12 amide bonds. The van der Waals surface area contributed by atoms with Crippen molar-refractivity contribution in [1.29, 1.82) is 0 Å². The molecule has 32 nitrogen and oxygen atoms in total. The minimum Gasteiger partial charge on any atom is -0.370 e. The fourth-order valence-electron chi connectivity index (χ4n) is 10.7. The second-order valence-corrected chi connectivity index (χ2v) is 24.7. The number of nitrogens with one attached hydrogen (secondary N) is 13. The van der Waals surface area contributed by atoms with Crippen LogP contribution in [-0.4, -0.2) is 171 Å². The fourth-order valence-corrected chi connectivity index (χ4v) is 10.7. The summed E-state index contributed by atoms with van der Waals surface area (Å²) in [6.07, 6.45) is 5.56. The SMILES string of the molecule is CC(C)C[C@H](NC(=O)[C@H](CC(C)C)NC(=O)[C@@H](Cc1c[nH]c2ccccc12)NC(=O)CNC(=O)[C@@H](Cc1c[nH]c2ccccc12)NC(=O)[C@H](C)NC(=O)[C@@H](Cc1ccccc1)NC(=O)[C@H](Cc1cnc[nH]1)NC(=O)[C@H](CC(N)=O)NC(=O)CNC(=O)[C@H](N)CCCN=C(N)N)C(N)=O. The third-order valence-corrected chi connectivity index (χ3v) is 15.7. The third kappa shape index (κ3) is 24.2. The van der Waals surface area contributed by atoms with Gasteiger partial charge in [-0.3, -0.25) is 62.5 Å². The first-order chi connectivity index (χ1) is 46.6. The summed E-state index contributed by atoms with van der Waals surface area (Å²) >= 11 is 0. The molecule has 0 unspecified atom stereocenters. The molecule has 0 saturated heterocycles. The first kappa shape index (κ1) is 75.8. The Hall–Kier alpha value is -11.2. The summed E-state index contributed by atoms with van der Waals surface area (Å²) in [7, 11) is 0. The van der Waals surface area contributed by atoms with Crippen molar-refractivity contribution in [1.82, 2.24) is 73.1 Å². The summed E-state index contributed by atoms with van der Waals surface area (Å²) in [5, 5.41) is 27.5. The van der Waals surface area contributed by atoms with E-state index in [0.717, 1.165) is 10.9 Å². The van der Waals surface area contributed by atoms with E-state index >= 15 is 0 Å². The normalized spacial score (nSPS) is 14.0. The van der Waals surface area contributed by atoms with Crippen LogP contribution in [0.1, 0.15) is 89.1 Å². The number of primary amides is 2. The highest BCUT2D eigenvalue weighted by Gasteiger charge is 2.35. The van der Waals surface area contributed by atoms with Crippen molar-refractivity contribution in [2.75, 3.05) is 19.6 Å². The number of nitrogens with two attached hydrogens (primary N) is 5. The number of aromatic nitrogens is 4. The van der Waals surface area contributed by atoms with E-state index < -0.39 is 145 Å². The predicted molar refractivity (Wildman–Crippen MR) is 363 cm³/mol. The number of benzene rings is 3. The maximum atomic E-state index is 14.5. The molecule has 0 aliphatic carbocycles. The molecule has 6 rings (SSSR count). The van der Waals surface area contributed by atoms with Crippen LogP contribution in [0, 0.1) is 11.8 Å². The summed E-state index contributed by atoms with van der Waals surface area (Å²) in [5.74, 6) is -10.5. The van der Waals surface area contributed by atoms with Crippen molar-refractivity contribution >= 4 is 98.7 Å².